The second-order valence-electron chi connectivity index (χ2n) is 3.88. The summed E-state index contributed by atoms with van der Waals surface area (Å²) in [6.45, 7) is 1.50. The molecule has 0 fully saturated rings. The summed E-state index contributed by atoms with van der Waals surface area (Å²) in [6.07, 6.45) is 0.718. The Morgan fingerprint density at radius 1 is 1.39 bits per heavy atom. The highest BCUT2D eigenvalue weighted by molar-refractivity contribution is 5.88. The average molecular weight is 263 g/mol. The van der Waals surface area contributed by atoms with Crippen molar-refractivity contribution >= 4 is 5.97 Å². The maximum absolute atomic E-state index is 11.0. The third-order valence-corrected chi connectivity index (χ3v) is 2.29. The van der Waals surface area contributed by atoms with Crippen LogP contribution >= 0.6 is 0 Å². The van der Waals surface area contributed by atoms with Gasteiger partial charge in [-0.25, -0.2) is 4.79 Å². The van der Waals surface area contributed by atoms with Crippen molar-refractivity contribution in [2.75, 3.05) is 34.5 Å². The lowest BCUT2D eigenvalue weighted by Gasteiger charge is -2.23. The number of aliphatic carboxylic acids is 1. The summed E-state index contributed by atoms with van der Waals surface area (Å²) in [5, 5.41) is 21.7. The third kappa shape index (κ3) is 5.46. The molecule has 0 heterocycles. The van der Waals surface area contributed by atoms with Gasteiger partial charge in [0.15, 0.2) is 6.29 Å². The van der Waals surface area contributed by atoms with Gasteiger partial charge < -0.3 is 29.7 Å². The molecule has 1 atom stereocenters. The molecule has 1 unspecified atom stereocenters. The monoisotopic (exact) mass is 263 g/mol. The molecule has 7 nitrogen and oxygen atoms in total. The van der Waals surface area contributed by atoms with Crippen molar-refractivity contribution in [3.05, 3.63) is 11.8 Å². The number of carboxylic acids is 1. The molecule has 0 saturated heterocycles. The van der Waals surface area contributed by atoms with E-state index in [0.29, 0.717) is 0 Å². The zero-order chi connectivity index (χ0) is 14.2. The molecule has 0 spiro atoms. The summed E-state index contributed by atoms with van der Waals surface area (Å²) < 4.78 is 14.6. The Morgan fingerprint density at radius 3 is 2.33 bits per heavy atom. The fraction of sp³-hybridized carbons (Fsp3) is 0.727. The van der Waals surface area contributed by atoms with Gasteiger partial charge in [0.1, 0.15) is 5.60 Å². The topological polar surface area (TPSA) is 97.3 Å². The van der Waals surface area contributed by atoms with Gasteiger partial charge >= 0.3 is 5.97 Å². The lowest BCUT2D eigenvalue weighted by Crippen LogP contribution is -2.38. The molecular formula is C11H21NO6. The molecule has 106 valence electrons. The number of aliphatic hydroxyl groups is 1. The standard InChI is InChI=1S/C11H21NO6/c1-11(15,7-16-2)8(10(13)14)5-12-6-9(17-3)18-4/h5,9,12,15H,6-7H2,1-4H3,(H,13,14)/b8-5+. The molecule has 0 aromatic carbocycles. The van der Waals surface area contributed by atoms with Gasteiger partial charge in [-0.2, -0.15) is 0 Å². The summed E-state index contributed by atoms with van der Waals surface area (Å²) in [4.78, 5) is 11.0. The van der Waals surface area contributed by atoms with E-state index in [0.717, 1.165) is 0 Å². The highest BCUT2D eigenvalue weighted by atomic mass is 16.7. The van der Waals surface area contributed by atoms with Crippen LogP contribution in [0.2, 0.25) is 0 Å². The van der Waals surface area contributed by atoms with Crippen molar-refractivity contribution in [2.24, 2.45) is 0 Å². The number of carbonyl (C=O) groups is 1. The summed E-state index contributed by atoms with van der Waals surface area (Å²) in [5.74, 6) is -1.23. The number of nitrogens with one attached hydrogen (secondary N) is 1. The number of methoxy groups -OCH3 is 3. The maximum atomic E-state index is 11.0. The van der Waals surface area contributed by atoms with E-state index in [2.05, 4.69) is 5.32 Å². The average Bonchev–Trinajstić information content (AvgIpc) is 2.28. The lowest BCUT2D eigenvalue weighted by atomic mass is 9.98. The van der Waals surface area contributed by atoms with Gasteiger partial charge in [0.25, 0.3) is 0 Å². The molecule has 3 N–H and O–H groups in total. The van der Waals surface area contributed by atoms with E-state index in [4.69, 9.17) is 19.3 Å². The van der Waals surface area contributed by atoms with Crippen LogP contribution in [0.1, 0.15) is 6.92 Å². The molecule has 0 aliphatic heterocycles. The molecule has 18 heavy (non-hydrogen) atoms. The maximum Gasteiger partial charge on any atom is 0.336 e. The smallest absolute Gasteiger partial charge is 0.336 e. The Balaban J connectivity index is 4.65. The molecule has 0 aliphatic carbocycles. The van der Waals surface area contributed by atoms with Crippen molar-refractivity contribution < 1.29 is 29.2 Å². The van der Waals surface area contributed by atoms with Crippen LogP contribution in [0, 0.1) is 0 Å². The second-order valence-corrected chi connectivity index (χ2v) is 3.88. The van der Waals surface area contributed by atoms with E-state index in [-0.39, 0.29) is 18.7 Å². The minimum Gasteiger partial charge on any atom is -0.478 e. The molecule has 0 aromatic rings. The van der Waals surface area contributed by atoms with Gasteiger partial charge in [0.2, 0.25) is 0 Å². The van der Waals surface area contributed by atoms with Crippen molar-refractivity contribution in [2.45, 2.75) is 18.8 Å². The zero-order valence-corrected chi connectivity index (χ0v) is 11.1. The first-order valence-electron chi connectivity index (χ1n) is 5.33. The van der Waals surface area contributed by atoms with Gasteiger partial charge in [-0.15, -0.1) is 0 Å². The van der Waals surface area contributed by atoms with Crippen LogP contribution in [0.15, 0.2) is 11.8 Å². The highest BCUT2D eigenvalue weighted by Gasteiger charge is 2.31. The van der Waals surface area contributed by atoms with Gasteiger partial charge in [-0.1, -0.05) is 0 Å². The first-order valence-corrected chi connectivity index (χ1v) is 5.33. The molecule has 0 amide bonds. The Bertz CT molecular complexity index is 285. The third-order valence-electron chi connectivity index (χ3n) is 2.29. The van der Waals surface area contributed by atoms with Crippen molar-refractivity contribution in [1.82, 2.24) is 5.32 Å². The van der Waals surface area contributed by atoms with E-state index >= 15 is 0 Å². The second kappa shape index (κ2) is 8.04. The van der Waals surface area contributed by atoms with Crippen molar-refractivity contribution in [3.63, 3.8) is 0 Å². The minimum atomic E-state index is -1.58. The van der Waals surface area contributed by atoms with Crippen LogP contribution in [0.4, 0.5) is 0 Å². The molecular weight excluding hydrogens is 242 g/mol. The predicted octanol–water partition coefficient (Wildman–Crippen LogP) is -0.439. The van der Waals surface area contributed by atoms with Crippen molar-refractivity contribution in [3.8, 4) is 0 Å². The van der Waals surface area contributed by atoms with E-state index in [9.17, 15) is 9.90 Å². The van der Waals surface area contributed by atoms with Crippen LogP contribution in [-0.4, -0.2) is 62.6 Å². The fourth-order valence-electron chi connectivity index (χ4n) is 1.33. The summed E-state index contributed by atoms with van der Waals surface area (Å²) in [7, 11) is 4.32. The van der Waals surface area contributed by atoms with Crippen LogP contribution in [-0.2, 0) is 19.0 Å². The molecule has 7 heteroatoms. The summed E-state index contributed by atoms with van der Waals surface area (Å²) >= 11 is 0. The van der Waals surface area contributed by atoms with Crippen molar-refractivity contribution in [1.29, 1.82) is 0 Å². The normalized spacial score (nSPS) is 15.6. The molecule has 0 aliphatic rings. The Labute approximate surface area is 106 Å². The van der Waals surface area contributed by atoms with E-state index in [1.54, 1.807) is 0 Å². The molecule has 0 aromatic heterocycles. The minimum absolute atomic E-state index is 0.120. The largest absolute Gasteiger partial charge is 0.478 e. The van der Waals surface area contributed by atoms with E-state index < -0.39 is 17.9 Å². The van der Waals surface area contributed by atoms with Gasteiger partial charge in [0.05, 0.1) is 18.7 Å². The predicted molar refractivity (Wildman–Crippen MR) is 64.0 cm³/mol. The number of rotatable bonds is 9. The lowest BCUT2D eigenvalue weighted by molar-refractivity contribution is -0.136. The summed E-state index contributed by atoms with van der Waals surface area (Å²) in [6, 6.07) is 0. The molecule has 0 radical (unpaired) electrons. The van der Waals surface area contributed by atoms with Crippen LogP contribution in [0.3, 0.4) is 0 Å². The molecule has 0 bridgehead atoms. The molecule has 0 saturated carbocycles. The number of ether oxygens (including phenoxy) is 3. The van der Waals surface area contributed by atoms with Crippen LogP contribution < -0.4 is 5.32 Å². The number of hydrogen-bond acceptors (Lipinski definition) is 6. The highest BCUT2D eigenvalue weighted by Crippen LogP contribution is 2.16. The first-order chi connectivity index (χ1) is 8.38. The Hall–Kier alpha value is -1.15. The zero-order valence-electron chi connectivity index (χ0n) is 11.1. The van der Waals surface area contributed by atoms with Gasteiger partial charge in [-0.05, 0) is 6.92 Å². The Kier molecular flexibility index (Phi) is 7.53. The SMILES string of the molecule is COCC(C)(O)/C(=C/NCC(OC)OC)C(=O)O. The number of carboxylic acid groups (broad SMARTS) is 1. The van der Waals surface area contributed by atoms with Gasteiger partial charge in [-0.3, -0.25) is 0 Å². The quantitative estimate of drug-likeness (QED) is 0.383. The summed E-state index contributed by atoms with van der Waals surface area (Å²) in [5.41, 5.74) is -1.78. The fourth-order valence-corrected chi connectivity index (χ4v) is 1.33. The van der Waals surface area contributed by atoms with Crippen LogP contribution in [0.25, 0.3) is 0 Å². The number of hydrogen-bond donors (Lipinski definition) is 3. The van der Waals surface area contributed by atoms with E-state index in [1.165, 1.54) is 34.5 Å². The Morgan fingerprint density at radius 2 is 1.94 bits per heavy atom. The van der Waals surface area contributed by atoms with Gasteiger partial charge in [0, 0.05) is 27.5 Å². The first kappa shape index (κ1) is 16.9. The van der Waals surface area contributed by atoms with Crippen LogP contribution in [0.5, 0.6) is 0 Å². The van der Waals surface area contributed by atoms with E-state index in [1.807, 2.05) is 0 Å². The molecule has 0 rings (SSSR count).